The van der Waals surface area contributed by atoms with Crippen molar-refractivity contribution >= 4 is 17.5 Å². The molecule has 0 radical (unpaired) electrons. The summed E-state index contributed by atoms with van der Waals surface area (Å²) in [6, 6.07) is 5.90. The molecule has 0 aromatic heterocycles. The van der Waals surface area contributed by atoms with Crippen LogP contribution in [0.25, 0.3) is 0 Å². The summed E-state index contributed by atoms with van der Waals surface area (Å²) in [5, 5.41) is 3.16. The second kappa shape index (κ2) is 4.71. The number of rotatable bonds is 3. The molecule has 0 saturated heterocycles. The summed E-state index contributed by atoms with van der Waals surface area (Å²) in [6.07, 6.45) is 3.41. The van der Waals surface area contributed by atoms with Gasteiger partial charge in [0.2, 0.25) is 0 Å². The smallest absolute Gasteiger partial charge is 0.251 e. The summed E-state index contributed by atoms with van der Waals surface area (Å²) < 4.78 is 0. The standard InChI is InChI=1S/C13H14ClNO/c1-9(14)8-15-13(16)12-6-5-10-3-2-4-11(10)7-12/h5-7H,1-4,8H2,(H,15,16). The van der Waals surface area contributed by atoms with Gasteiger partial charge >= 0.3 is 0 Å². The molecule has 0 spiro atoms. The summed E-state index contributed by atoms with van der Waals surface area (Å²) >= 11 is 5.59. The maximum atomic E-state index is 11.7. The molecule has 0 aliphatic heterocycles. The van der Waals surface area contributed by atoms with Crippen molar-refractivity contribution in [2.24, 2.45) is 0 Å². The van der Waals surface area contributed by atoms with Gasteiger partial charge in [-0.1, -0.05) is 24.2 Å². The quantitative estimate of drug-likeness (QED) is 0.858. The molecule has 1 aromatic rings. The maximum absolute atomic E-state index is 11.7. The van der Waals surface area contributed by atoms with E-state index in [0.29, 0.717) is 17.1 Å². The van der Waals surface area contributed by atoms with Crippen LogP contribution in [-0.4, -0.2) is 12.5 Å². The van der Waals surface area contributed by atoms with E-state index < -0.39 is 0 Å². The van der Waals surface area contributed by atoms with Crippen molar-refractivity contribution in [2.45, 2.75) is 19.3 Å². The van der Waals surface area contributed by atoms with Crippen molar-refractivity contribution in [3.05, 3.63) is 46.5 Å². The molecule has 1 N–H and O–H groups in total. The maximum Gasteiger partial charge on any atom is 0.251 e. The summed E-state index contributed by atoms with van der Waals surface area (Å²) in [5.74, 6) is -0.0866. The van der Waals surface area contributed by atoms with Crippen molar-refractivity contribution in [3.8, 4) is 0 Å². The van der Waals surface area contributed by atoms with Crippen LogP contribution in [0.4, 0.5) is 0 Å². The molecule has 84 valence electrons. The fraction of sp³-hybridized carbons (Fsp3) is 0.308. The Hall–Kier alpha value is -1.28. The van der Waals surface area contributed by atoms with Crippen LogP contribution in [0.3, 0.4) is 0 Å². The Morgan fingerprint density at radius 1 is 1.38 bits per heavy atom. The van der Waals surface area contributed by atoms with Crippen molar-refractivity contribution < 1.29 is 4.79 Å². The molecule has 1 aliphatic rings. The average molecular weight is 236 g/mol. The van der Waals surface area contributed by atoms with Gasteiger partial charge in [0.15, 0.2) is 0 Å². The molecule has 0 unspecified atom stereocenters. The molecule has 2 rings (SSSR count). The SMILES string of the molecule is C=C(Cl)CNC(=O)c1ccc2c(c1)CCC2. The van der Waals surface area contributed by atoms with Crippen LogP contribution in [0, 0.1) is 0 Å². The number of aryl methyl sites for hydroxylation is 2. The average Bonchev–Trinajstić information content (AvgIpc) is 2.72. The lowest BCUT2D eigenvalue weighted by Gasteiger charge is -2.06. The molecule has 1 aliphatic carbocycles. The molecule has 3 heteroatoms. The zero-order valence-corrected chi connectivity index (χ0v) is 9.81. The summed E-state index contributed by atoms with van der Waals surface area (Å²) in [6.45, 7) is 3.85. The Bertz CT molecular complexity index is 440. The minimum atomic E-state index is -0.0866. The van der Waals surface area contributed by atoms with Crippen LogP contribution in [0.5, 0.6) is 0 Å². The van der Waals surface area contributed by atoms with Crippen LogP contribution >= 0.6 is 11.6 Å². The zero-order valence-electron chi connectivity index (χ0n) is 9.05. The minimum Gasteiger partial charge on any atom is -0.347 e. The van der Waals surface area contributed by atoms with Gasteiger partial charge in [0, 0.05) is 10.6 Å². The third kappa shape index (κ3) is 2.45. The molecule has 0 saturated carbocycles. The first-order valence-electron chi connectivity index (χ1n) is 5.40. The van der Waals surface area contributed by atoms with Crippen LogP contribution in [0.2, 0.25) is 0 Å². The van der Waals surface area contributed by atoms with Crippen molar-refractivity contribution in [1.82, 2.24) is 5.32 Å². The normalized spacial score (nSPS) is 13.3. The molecule has 1 aromatic carbocycles. The summed E-state index contributed by atoms with van der Waals surface area (Å²) in [4.78, 5) is 11.7. The van der Waals surface area contributed by atoms with E-state index in [0.717, 1.165) is 12.8 Å². The van der Waals surface area contributed by atoms with E-state index in [1.807, 2.05) is 18.2 Å². The van der Waals surface area contributed by atoms with Gasteiger partial charge in [-0.25, -0.2) is 0 Å². The molecule has 1 amide bonds. The number of amides is 1. The number of nitrogens with one attached hydrogen (secondary N) is 1. The fourth-order valence-electron chi connectivity index (χ4n) is 1.99. The Kier molecular flexibility index (Phi) is 3.30. The van der Waals surface area contributed by atoms with E-state index in [9.17, 15) is 4.79 Å². The van der Waals surface area contributed by atoms with Crippen molar-refractivity contribution in [2.75, 3.05) is 6.54 Å². The first-order chi connectivity index (χ1) is 7.66. The van der Waals surface area contributed by atoms with Gasteiger partial charge < -0.3 is 5.32 Å². The highest BCUT2D eigenvalue weighted by molar-refractivity contribution is 6.29. The fourth-order valence-corrected chi connectivity index (χ4v) is 2.06. The van der Waals surface area contributed by atoms with Crippen LogP contribution in [0.1, 0.15) is 27.9 Å². The number of hydrogen-bond acceptors (Lipinski definition) is 1. The number of fused-ring (bicyclic) bond motifs is 1. The third-order valence-corrected chi connectivity index (χ3v) is 2.94. The second-order valence-corrected chi connectivity index (χ2v) is 4.57. The van der Waals surface area contributed by atoms with E-state index in [-0.39, 0.29) is 5.91 Å². The lowest BCUT2D eigenvalue weighted by Crippen LogP contribution is -2.24. The van der Waals surface area contributed by atoms with Crippen molar-refractivity contribution in [3.63, 3.8) is 0 Å². The highest BCUT2D eigenvalue weighted by Gasteiger charge is 2.13. The highest BCUT2D eigenvalue weighted by Crippen LogP contribution is 2.22. The molecule has 0 fully saturated rings. The zero-order chi connectivity index (χ0) is 11.5. The number of carbonyl (C=O) groups is 1. The van der Waals surface area contributed by atoms with Gasteiger partial charge in [0.25, 0.3) is 5.91 Å². The molecule has 2 nitrogen and oxygen atoms in total. The second-order valence-electron chi connectivity index (χ2n) is 4.04. The molecule has 16 heavy (non-hydrogen) atoms. The van der Waals surface area contributed by atoms with E-state index in [1.165, 1.54) is 17.5 Å². The van der Waals surface area contributed by atoms with Gasteiger partial charge in [0.05, 0.1) is 6.54 Å². The Morgan fingerprint density at radius 3 is 2.88 bits per heavy atom. The number of halogens is 1. The van der Waals surface area contributed by atoms with Gasteiger partial charge in [-0.15, -0.1) is 0 Å². The van der Waals surface area contributed by atoms with E-state index in [2.05, 4.69) is 11.9 Å². The Balaban J connectivity index is 2.09. The predicted molar refractivity (Wildman–Crippen MR) is 65.8 cm³/mol. The summed E-state index contributed by atoms with van der Waals surface area (Å²) in [7, 11) is 0. The predicted octanol–water partition coefficient (Wildman–Crippen LogP) is 2.66. The molecule has 0 atom stereocenters. The van der Waals surface area contributed by atoms with Crippen molar-refractivity contribution in [1.29, 1.82) is 0 Å². The topological polar surface area (TPSA) is 29.1 Å². The van der Waals surface area contributed by atoms with Gasteiger partial charge in [0.1, 0.15) is 0 Å². The summed E-state index contributed by atoms with van der Waals surface area (Å²) in [5.41, 5.74) is 3.38. The van der Waals surface area contributed by atoms with Gasteiger partial charge in [-0.3, -0.25) is 4.79 Å². The molecular formula is C13H14ClNO. The third-order valence-electron chi connectivity index (χ3n) is 2.80. The Labute approximate surface area is 100 Å². The van der Waals surface area contributed by atoms with Crippen LogP contribution in [0.15, 0.2) is 29.8 Å². The van der Waals surface area contributed by atoms with Crippen LogP contribution in [-0.2, 0) is 12.8 Å². The number of benzene rings is 1. The van der Waals surface area contributed by atoms with Crippen LogP contribution < -0.4 is 5.32 Å². The first-order valence-corrected chi connectivity index (χ1v) is 5.78. The molecule has 0 bridgehead atoms. The molecule has 0 heterocycles. The van der Waals surface area contributed by atoms with E-state index in [4.69, 9.17) is 11.6 Å². The van der Waals surface area contributed by atoms with E-state index in [1.54, 1.807) is 0 Å². The Morgan fingerprint density at radius 2 is 2.12 bits per heavy atom. The first kappa shape index (κ1) is 11.2. The van der Waals surface area contributed by atoms with Gasteiger partial charge in [-0.2, -0.15) is 0 Å². The van der Waals surface area contributed by atoms with Gasteiger partial charge in [-0.05, 0) is 42.5 Å². The number of carbonyl (C=O) groups excluding carboxylic acids is 1. The monoisotopic (exact) mass is 235 g/mol. The van der Waals surface area contributed by atoms with E-state index >= 15 is 0 Å². The lowest BCUT2D eigenvalue weighted by molar-refractivity contribution is 0.0957. The largest absolute Gasteiger partial charge is 0.347 e. The number of hydrogen-bond donors (Lipinski definition) is 1. The lowest BCUT2D eigenvalue weighted by atomic mass is 10.1. The minimum absolute atomic E-state index is 0.0866. The molecular weight excluding hydrogens is 222 g/mol. The highest BCUT2D eigenvalue weighted by atomic mass is 35.5.